The largest absolute Gasteiger partial charge is 0.506 e. The molecule has 1 atom stereocenters. The number of carbonyl (C=O) groups excluding carboxylic acids is 1. The molecule has 0 saturated carbocycles. The van der Waals surface area contributed by atoms with Crippen molar-refractivity contribution in [2.75, 3.05) is 0 Å². The third kappa shape index (κ3) is 2.13. The molecule has 0 aliphatic rings. The maximum atomic E-state index is 11.5. The van der Waals surface area contributed by atoms with Crippen molar-refractivity contribution >= 4 is 17.1 Å². The van der Waals surface area contributed by atoms with Crippen LogP contribution in [0.2, 0.25) is 0 Å². The van der Waals surface area contributed by atoms with Crippen molar-refractivity contribution in [1.29, 1.82) is 0 Å². The van der Waals surface area contributed by atoms with Crippen LogP contribution in [-0.4, -0.2) is 16.9 Å². The fourth-order valence-corrected chi connectivity index (χ4v) is 2.16. The number of hydrogen-bond donors (Lipinski definition) is 2. The van der Waals surface area contributed by atoms with Gasteiger partial charge in [-0.15, -0.1) is 11.3 Å². The fraction of sp³-hybridized carbons (Fsp3) is 0.500. The minimum atomic E-state index is -0.556. The summed E-state index contributed by atoms with van der Waals surface area (Å²) in [7, 11) is 0. The highest BCUT2D eigenvalue weighted by Gasteiger charge is 2.19. The number of thiophene rings is 1. The topological polar surface area (TPSA) is 63.3 Å². The minimum Gasteiger partial charge on any atom is -0.506 e. The Bertz CT molecular complexity index is 342. The van der Waals surface area contributed by atoms with E-state index in [0.717, 1.165) is 4.88 Å². The van der Waals surface area contributed by atoms with E-state index in [9.17, 15) is 9.90 Å². The molecule has 1 aromatic heterocycles. The van der Waals surface area contributed by atoms with Crippen molar-refractivity contribution in [1.82, 2.24) is 0 Å². The smallest absolute Gasteiger partial charge is 0.192 e. The molecule has 0 aliphatic carbocycles. The standard InChI is InChI=1S/C10H15NO2S/c1-5(2)8-4-7(12)10(14-8)9(13)6(3)11/h4-6,12H,11H2,1-3H3. The van der Waals surface area contributed by atoms with Crippen LogP contribution in [0.15, 0.2) is 6.07 Å². The Morgan fingerprint density at radius 3 is 2.43 bits per heavy atom. The molecule has 1 heterocycles. The third-order valence-electron chi connectivity index (χ3n) is 1.94. The maximum absolute atomic E-state index is 11.5. The van der Waals surface area contributed by atoms with Crippen LogP contribution in [0.5, 0.6) is 5.75 Å². The maximum Gasteiger partial charge on any atom is 0.192 e. The second-order valence-electron chi connectivity index (χ2n) is 3.67. The Morgan fingerprint density at radius 2 is 2.07 bits per heavy atom. The van der Waals surface area contributed by atoms with Crippen molar-refractivity contribution in [2.24, 2.45) is 5.73 Å². The molecule has 1 rings (SSSR count). The van der Waals surface area contributed by atoms with Crippen LogP contribution < -0.4 is 5.73 Å². The van der Waals surface area contributed by atoms with Gasteiger partial charge in [0.1, 0.15) is 10.6 Å². The van der Waals surface area contributed by atoms with E-state index in [1.54, 1.807) is 13.0 Å². The van der Waals surface area contributed by atoms with Gasteiger partial charge >= 0.3 is 0 Å². The molecule has 1 aromatic rings. The van der Waals surface area contributed by atoms with Crippen LogP contribution in [-0.2, 0) is 0 Å². The molecule has 0 saturated heterocycles. The highest BCUT2D eigenvalue weighted by molar-refractivity contribution is 7.14. The van der Waals surface area contributed by atoms with Crippen LogP contribution in [0.25, 0.3) is 0 Å². The summed E-state index contributed by atoms with van der Waals surface area (Å²) in [6.45, 7) is 5.66. The van der Waals surface area contributed by atoms with E-state index < -0.39 is 6.04 Å². The van der Waals surface area contributed by atoms with Gasteiger partial charge < -0.3 is 10.8 Å². The summed E-state index contributed by atoms with van der Waals surface area (Å²) in [5, 5.41) is 9.53. The van der Waals surface area contributed by atoms with Gasteiger partial charge in [-0.3, -0.25) is 4.79 Å². The van der Waals surface area contributed by atoms with Gasteiger partial charge in [-0.05, 0) is 18.9 Å². The molecule has 14 heavy (non-hydrogen) atoms. The number of ketones is 1. The van der Waals surface area contributed by atoms with E-state index in [1.807, 2.05) is 13.8 Å². The summed E-state index contributed by atoms with van der Waals surface area (Å²) in [4.78, 5) is 12.9. The third-order valence-corrected chi connectivity index (χ3v) is 3.38. The molecule has 3 nitrogen and oxygen atoms in total. The Hall–Kier alpha value is -0.870. The minimum absolute atomic E-state index is 0.0565. The van der Waals surface area contributed by atoms with Crippen LogP contribution in [0, 0.1) is 0 Å². The van der Waals surface area contributed by atoms with E-state index in [1.165, 1.54) is 11.3 Å². The first kappa shape index (κ1) is 11.2. The number of Topliss-reactive ketones (excluding diaryl/α,β-unsaturated/α-hetero) is 1. The van der Waals surface area contributed by atoms with E-state index in [0.29, 0.717) is 10.8 Å². The first-order valence-corrected chi connectivity index (χ1v) is 5.37. The van der Waals surface area contributed by atoms with E-state index in [2.05, 4.69) is 0 Å². The number of carbonyl (C=O) groups is 1. The normalized spacial score (nSPS) is 13.2. The molecule has 78 valence electrons. The van der Waals surface area contributed by atoms with E-state index in [4.69, 9.17) is 5.73 Å². The summed E-state index contributed by atoms with van der Waals surface area (Å²) in [6.07, 6.45) is 0. The lowest BCUT2D eigenvalue weighted by Gasteiger charge is -2.01. The zero-order valence-corrected chi connectivity index (χ0v) is 9.39. The van der Waals surface area contributed by atoms with E-state index in [-0.39, 0.29) is 11.5 Å². The lowest BCUT2D eigenvalue weighted by atomic mass is 10.1. The Morgan fingerprint density at radius 1 is 1.50 bits per heavy atom. The predicted octanol–water partition coefficient (Wildman–Crippen LogP) is 2.11. The molecule has 1 unspecified atom stereocenters. The average molecular weight is 213 g/mol. The Balaban J connectivity index is 3.04. The molecule has 0 aliphatic heterocycles. The van der Waals surface area contributed by atoms with Crippen LogP contribution >= 0.6 is 11.3 Å². The van der Waals surface area contributed by atoms with Crippen molar-refractivity contribution < 1.29 is 9.90 Å². The van der Waals surface area contributed by atoms with Gasteiger partial charge in [-0.2, -0.15) is 0 Å². The lowest BCUT2D eigenvalue weighted by Crippen LogP contribution is -2.25. The quantitative estimate of drug-likeness (QED) is 0.756. The van der Waals surface area contributed by atoms with Gasteiger partial charge in [0, 0.05) is 4.88 Å². The van der Waals surface area contributed by atoms with Crippen LogP contribution in [0.1, 0.15) is 41.2 Å². The summed E-state index contributed by atoms with van der Waals surface area (Å²) >= 11 is 1.32. The molecule has 0 radical (unpaired) electrons. The average Bonchev–Trinajstić information content (AvgIpc) is 2.46. The molecule has 4 heteroatoms. The Kier molecular flexibility index (Phi) is 3.29. The zero-order chi connectivity index (χ0) is 10.9. The van der Waals surface area contributed by atoms with Crippen molar-refractivity contribution in [3.8, 4) is 5.75 Å². The van der Waals surface area contributed by atoms with Crippen molar-refractivity contribution in [3.05, 3.63) is 15.8 Å². The van der Waals surface area contributed by atoms with Gasteiger partial charge in [-0.1, -0.05) is 13.8 Å². The molecule has 0 amide bonds. The second kappa shape index (κ2) is 4.11. The van der Waals surface area contributed by atoms with Gasteiger partial charge in [-0.25, -0.2) is 0 Å². The van der Waals surface area contributed by atoms with Crippen LogP contribution in [0.3, 0.4) is 0 Å². The van der Waals surface area contributed by atoms with Crippen LogP contribution in [0.4, 0.5) is 0 Å². The summed E-state index contributed by atoms with van der Waals surface area (Å²) in [5.74, 6) is 0.181. The SMILES string of the molecule is CC(N)C(=O)c1sc(C(C)C)cc1O. The molecular formula is C10H15NO2S. The Labute approximate surface area is 87.6 Å². The van der Waals surface area contributed by atoms with Gasteiger partial charge in [0.05, 0.1) is 6.04 Å². The first-order chi connectivity index (χ1) is 6.43. The summed E-state index contributed by atoms with van der Waals surface area (Å²) in [5.41, 5.74) is 5.47. The molecule has 0 bridgehead atoms. The molecular weight excluding hydrogens is 198 g/mol. The van der Waals surface area contributed by atoms with Gasteiger partial charge in [0.15, 0.2) is 5.78 Å². The number of hydrogen-bond acceptors (Lipinski definition) is 4. The molecule has 0 aromatic carbocycles. The number of nitrogens with two attached hydrogens (primary N) is 1. The number of rotatable bonds is 3. The zero-order valence-electron chi connectivity index (χ0n) is 8.57. The molecule has 3 N–H and O–H groups in total. The molecule has 0 spiro atoms. The highest BCUT2D eigenvalue weighted by atomic mass is 32.1. The monoisotopic (exact) mass is 213 g/mol. The number of aromatic hydroxyl groups is 1. The van der Waals surface area contributed by atoms with Gasteiger partial charge in [0.25, 0.3) is 0 Å². The predicted molar refractivity (Wildman–Crippen MR) is 58.1 cm³/mol. The van der Waals surface area contributed by atoms with Crippen molar-refractivity contribution in [2.45, 2.75) is 32.7 Å². The summed E-state index contributed by atoms with van der Waals surface area (Å²) < 4.78 is 0. The van der Waals surface area contributed by atoms with Crippen molar-refractivity contribution in [3.63, 3.8) is 0 Å². The fourth-order valence-electron chi connectivity index (χ4n) is 1.07. The summed E-state index contributed by atoms with van der Waals surface area (Å²) in [6, 6.07) is 1.09. The van der Waals surface area contributed by atoms with Gasteiger partial charge in [0.2, 0.25) is 0 Å². The molecule has 0 fully saturated rings. The highest BCUT2D eigenvalue weighted by Crippen LogP contribution is 2.33. The lowest BCUT2D eigenvalue weighted by molar-refractivity contribution is 0.0969. The van der Waals surface area contributed by atoms with E-state index >= 15 is 0 Å². The second-order valence-corrected chi connectivity index (χ2v) is 4.75. The first-order valence-electron chi connectivity index (χ1n) is 4.56.